The molecule has 1 rings (SSSR count). The summed E-state index contributed by atoms with van der Waals surface area (Å²) < 4.78 is 0. The summed E-state index contributed by atoms with van der Waals surface area (Å²) in [7, 11) is 3.84. The van der Waals surface area contributed by atoms with Gasteiger partial charge >= 0.3 is 6.41 Å². The van der Waals surface area contributed by atoms with E-state index >= 15 is 0 Å². The Morgan fingerprint density at radius 2 is 2.00 bits per heavy atom. The van der Waals surface area contributed by atoms with Gasteiger partial charge in [-0.2, -0.15) is 0 Å². The molecule has 0 atom stereocenters. The van der Waals surface area contributed by atoms with Crippen LogP contribution in [0.4, 0.5) is 11.4 Å². The molecule has 1 aromatic rings. The van der Waals surface area contributed by atoms with E-state index in [0.29, 0.717) is 0 Å². The maximum Gasteiger partial charge on any atom is 0.314 e. The standard InChI is InChI=1S/C9H11N2O/c1-11(2)9-6-4-3-5-8(9)10-7-12/h3-6H,1-2H3,(H,10,12). The molecule has 0 aliphatic carbocycles. The van der Waals surface area contributed by atoms with Crippen molar-refractivity contribution in [3.05, 3.63) is 24.3 Å². The molecule has 1 aromatic carbocycles. The van der Waals surface area contributed by atoms with E-state index in [-0.39, 0.29) is 0 Å². The first kappa shape index (κ1) is 8.59. The van der Waals surface area contributed by atoms with Gasteiger partial charge in [0, 0.05) is 14.1 Å². The zero-order valence-corrected chi connectivity index (χ0v) is 7.16. The highest BCUT2D eigenvalue weighted by Crippen LogP contribution is 2.22. The third-order valence-corrected chi connectivity index (χ3v) is 1.57. The Hall–Kier alpha value is -1.51. The van der Waals surface area contributed by atoms with Gasteiger partial charge in [-0.1, -0.05) is 12.1 Å². The fourth-order valence-electron chi connectivity index (χ4n) is 1.02. The second-order valence-corrected chi connectivity index (χ2v) is 2.64. The molecule has 3 heteroatoms. The maximum atomic E-state index is 10.1. The molecule has 0 fully saturated rings. The molecule has 1 N–H and O–H groups in total. The third kappa shape index (κ3) is 1.75. The van der Waals surface area contributed by atoms with Crippen LogP contribution in [0.3, 0.4) is 0 Å². The summed E-state index contributed by atoms with van der Waals surface area (Å²) in [5.74, 6) is 0. The van der Waals surface area contributed by atoms with Crippen molar-refractivity contribution in [1.29, 1.82) is 0 Å². The van der Waals surface area contributed by atoms with E-state index in [1.165, 1.54) is 0 Å². The number of hydrogen-bond acceptors (Lipinski definition) is 2. The Labute approximate surface area is 72.0 Å². The summed E-state index contributed by atoms with van der Waals surface area (Å²) in [6, 6.07) is 7.55. The molecule has 0 saturated heterocycles. The van der Waals surface area contributed by atoms with Crippen molar-refractivity contribution >= 4 is 17.8 Å². The van der Waals surface area contributed by atoms with E-state index in [1.54, 1.807) is 6.41 Å². The van der Waals surface area contributed by atoms with Crippen LogP contribution in [0.2, 0.25) is 0 Å². The molecule has 0 aliphatic heterocycles. The number of hydrogen-bond donors (Lipinski definition) is 1. The van der Waals surface area contributed by atoms with Gasteiger partial charge in [0.2, 0.25) is 0 Å². The zero-order valence-electron chi connectivity index (χ0n) is 7.16. The van der Waals surface area contributed by atoms with Crippen LogP contribution in [0.15, 0.2) is 24.3 Å². The summed E-state index contributed by atoms with van der Waals surface area (Å²) in [4.78, 5) is 12.0. The van der Waals surface area contributed by atoms with Gasteiger partial charge in [-0.3, -0.25) is 4.79 Å². The number of carbonyl (C=O) groups excluding carboxylic acids is 1. The molecule has 0 saturated carbocycles. The van der Waals surface area contributed by atoms with Crippen molar-refractivity contribution in [2.45, 2.75) is 0 Å². The van der Waals surface area contributed by atoms with Crippen LogP contribution in [0.5, 0.6) is 0 Å². The molecule has 1 amide bonds. The normalized spacial score (nSPS) is 9.17. The predicted molar refractivity (Wildman–Crippen MR) is 50.1 cm³/mol. The average molecular weight is 163 g/mol. The van der Waals surface area contributed by atoms with E-state index < -0.39 is 0 Å². The first-order chi connectivity index (χ1) is 5.75. The maximum absolute atomic E-state index is 10.1. The topological polar surface area (TPSA) is 32.3 Å². The summed E-state index contributed by atoms with van der Waals surface area (Å²) in [5, 5.41) is 2.51. The highest BCUT2D eigenvalue weighted by Gasteiger charge is 2.00. The summed E-state index contributed by atoms with van der Waals surface area (Å²) in [6.45, 7) is 0. The molecular formula is C9H11N2O. The minimum atomic E-state index is 0.775. The highest BCUT2D eigenvalue weighted by molar-refractivity contribution is 5.81. The molecule has 0 bridgehead atoms. The Bertz CT molecular complexity index is 271. The molecular weight excluding hydrogens is 152 g/mol. The molecule has 0 aromatic heterocycles. The second-order valence-electron chi connectivity index (χ2n) is 2.64. The van der Waals surface area contributed by atoms with Crippen LogP contribution >= 0.6 is 0 Å². The molecule has 1 radical (unpaired) electrons. The van der Waals surface area contributed by atoms with Gasteiger partial charge in [0.05, 0.1) is 11.4 Å². The van der Waals surface area contributed by atoms with Crippen molar-refractivity contribution in [2.75, 3.05) is 24.3 Å². The summed E-state index contributed by atoms with van der Waals surface area (Å²) in [5.41, 5.74) is 1.75. The summed E-state index contributed by atoms with van der Waals surface area (Å²) >= 11 is 0. The minimum Gasteiger partial charge on any atom is -0.376 e. The average Bonchev–Trinajstić information content (AvgIpc) is 2.05. The van der Waals surface area contributed by atoms with Gasteiger partial charge in [-0.05, 0) is 12.1 Å². The van der Waals surface area contributed by atoms with Crippen LogP contribution < -0.4 is 10.2 Å². The Morgan fingerprint density at radius 3 is 2.58 bits per heavy atom. The lowest BCUT2D eigenvalue weighted by atomic mass is 10.2. The van der Waals surface area contributed by atoms with Crippen molar-refractivity contribution < 1.29 is 4.79 Å². The molecule has 0 unspecified atom stereocenters. The van der Waals surface area contributed by atoms with Crippen molar-refractivity contribution in [1.82, 2.24) is 0 Å². The summed E-state index contributed by atoms with van der Waals surface area (Å²) in [6.07, 6.45) is 1.65. The van der Waals surface area contributed by atoms with E-state index in [0.717, 1.165) is 11.4 Å². The monoisotopic (exact) mass is 163 g/mol. The van der Waals surface area contributed by atoms with Gasteiger partial charge in [0.15, 0.2) is 0 Å². The van der Waals surface area contributed by atoms with Crippen LogP contribution in [0.1, 0.15) is 0 Å². The van der Waals surface area contributed by atoms with Gasteiger partial charge in [-0.25, -0.2) is 0 Å². The number of benzene rings is 1. The Balaban J connectivity index is 2.99. The number of anilines is 2. The quantitative estimate of drug-likeness (QED) is 0.680. The van der Waals surface area contributed by atoms with Crippen LogP contribution in [0.25, 0.3) is 0 Å². The molecule has 63 valence electrons. The third-order valence-electron chi connectivity index (χ3n) is 1.57. The molecule has 0 spiro atoms. The number of para-hydroxylation sites is 2. The Kier molecular flexibility index (Phi) is 2.69. The van der Waals surface area contributed by atoms with Gasteiger partial charge in [0.25, 0.3) is 0 Å². The smallest absolute Gasteiger partial charge is 0.314 e. The molecule has 0 aliphatic rings. The van der Waals surface area contributed by atoms with E-state index in [2.05, 4.69) is 5.32 Å². The fourth-order valence-corrected chi connectivity index (χ4v) is 1.02. The molecule has 12 heavy (non-hydrogen) atoms. The lowest BCUT2D eigenvalue weighted by Gasteiger charge is -2.15. The van der Waals surface area contributed by atoms with Gasteiger partial charge < -0.3 is 10.2 Å². The van der Waals surface area contributed by atoms with Crippen molar-refractivity contribution in [2.24, 2.45) is 0 Å². The zero-order chi connectivity index (χ0) is 8.97. The fraction of sp³-hybridized carbons (Fsp3) is 0.222. The largest absolute Gasteiger partial charge is 0.376 e. The second kappa shape index (κ2) is 3.76. The molecule has 0 heterocycles. The number of amides is 1. The molecule has 3 nitrogen and oxygen atoms in total. The van der Waals surface area contributed by atoms with Crippen molar-refractivity contribution in [3.63, 3.8) is 0 Å². The Morgan fingerprint density at radius 1 is 1.33 bits per heavy atom. The van der Waals surface area contributed by atoms with Gasteiger partial charge in [-0.15, -0.1) is 0 Å². The van der Waals surface area contributed by atoms with Crippen LogP contribution in [0, 0.1) is 0 Å². The van der Waals surface area contributed by atoms with E-state index in [1.807, 2.05) is 43.3 Å². The predicted octanol–water partition coefficient (Wildman–Crippen LogP) is 1.23. The van der Waals surface area contributed by atoms with Gasteiger partial charge in [0.1, 0.15) is 0 Å². The minimum absolute atomic E-state index is 0.775. The van der Waals surface area contributed by atoms with E-state index in [9.17, 15) is 4.79 Å². The van der Waals surface area contributed by atoms with Crippen LogP contribution in [-0.4, -0.2) is 20.5 Å². The SMILES string of the molecule is CN(C)c1ccccc1N[C]=O. The highest BCUT2D eigenvalue weighted by atomic mass is 16.1. The van der Waals surface area contributed by atoms with E-state index in [4.69, 9.17) is 0 Å². The lowest BCUT2D eigenvalue weighted by molar-refractivity contribution is 0.561. The lowest BCUT2D eigenvalue weighted by Crippen LogP contribution is -2.11. The number of rotatable bonds is 3. The van der Waals surface area contributed by atoms with Crippen molar-refractivity contribution in [3.8, 4) is 0 Å². The van der Waals surface area contributed by atoms with Crippen LogP contribution in [-0.2, 0) is 4.79 Å². The first-order valence-corrected chi connectivity index (χ1v) is 3.65. The number of nitrogens with one attached hydrogen (secondary N) is 1. The first-order valence-electron chi connectivity index (χ1n) is 3.65. The number of nitrogens with zero attached hydrogens (tertiary/aromatic N) is 1.